The summed E-state index contributed by atoms with van der Waals surface area (Å²) in [5.74, 6) is 0.432. The van der Waals surface area contributed by atoms with Crippen LogP contribution < -0.4 is 10.2 Å². The molecule has 1 amide bonds. The van der Waals surface area contributed by atoms with Crippen molar-refractivity contribution in [2.75, 3.05) is 11.9 Å². The van der Waals surface area contributed by atoms with Gasteiger partial charge in [0.15, 0.2) is 5.54 Å². The number of benzene rings is 1. The summed E-state index contributed by atoms with van der Waals surface area (Å²) in [6.07, 6.45) is 4.44. The van der Waals surface area contributed by atoms with Crippen LogP contribution in [0.2, 0.25) is 0 Å². The van der Waals surface area contributed by atoms with Crippen molar-refractivity contribution in [2.45, 2.75) is 37.3 Å². The van der Waals surface area contributed by atoms with Crippen LogP contribution in [0, 0.1) is 5.92 Å². The predicted molar refractivity (Wildman–Crippen MR) is 84.1 cm³/mol. The number of rotatable bonds is 1. The van der Waals surface area contributed by atoms with Gasteiger partial charge in [-0.25, -0.2) is 0 Å². The van der Waals surface area contributed by atoms with Gasteiger partial charge in [-0.05, 0) is 37.0 Å². The number of thiocarbonyl (C=S) groups is 1. The van der Waals surface area contributed by atoms with E-state index >= 15 is 0 Å². The summed E-state index contributed by atoms with van der Waals surface area (Å²) >= 11 is 5.26. The first-order valence-corrected chi connectivity index (χ1v) is 7.92. The Labute approximate surface area is 129 Å². The molecule has 2 fully saturated rings. The number of hydrogen-bond donors (Lipinski definition) is 1. The predicted octanol–water partition coefficient (Wildman–Crippen LogP) is 2.32. The minimum absolute atomic E-state index is 0.0421. The molecule has 2 aliphatic heterocycles. The fourth-order valence-electron chi connectivity index (χ4n) is 4.16. The number of anilines is 1. The van der Waals surface area contributed by atoms with E-state index in [4.69, 9.17) is 17.0 Å². The standard InChI is InChI=1S/C16H18N2O2S/c1-18-12-9-5-4-8-11(12)16(14(18)19)13(20-15(21)17-16)10-6-2-3-7-10/h4-5,8-10,13H,2-3,6-7H2,1H3,(H,17,21)/t13-,16+/m0/s1. The highest BCUT2D eigenvalue weighted by Crippen LogP contribution is 2.49. The molecule has 1 aromatic rings. The summed E-state index contributed by atoms with van der Waals surface area (Å²) in [4.78, 5) is 14.7. The Hall–Kier alpha value is -1.62. The third kappa shape index (κ3) is 1.61. The Morgan fingerprint density at radius 1 is 1.33 bits per heavy atom. The summed E-state index contributed by atoms with van der Waals surface area (Å²) in [6.45, 7) is 0. The quantitative estimate of drug-likeness (QED) is 0.809. The largest absolute Gasteiger partial charge is 0.464 e. The lowest BCUT2D eigenvalue weighted by Gasteiger charge is -2.31. The molecule has 5 heteroatoms. The fourth-order valence-corrected chi connectivity index (χ4v) is 4.42. The van der Waals surface area contributed by atoms with Crippen molar-refractivity contribution in [3.63, 3.8) is 0 Å². The van der Waals surface area contributed by atoms with Gasteiger partial charge in [0.05, 0.1) is 0 Å². The Morgan fingerprint density at radius 2 is 2.05 bits per heavy atom. The van der Waals surface area contributed by atoms with Crippen LogP contribution in [-0.2, 0) is 15.1 Å². The maximum atomic E-state index is 13.0. The van der Waals surface area contributed by atoms with E-state index in [2.05, 4.69) is 5.32 Å². The SMILES string of the molecule is CN1C(=O)[C@@]2(NC(=S)O[C@H]2C2CCCC2)c2ccccc21. The maximum Gasteiger partial charge on any atom is 0.261 e. The first-order chi connectivity index (χ1) is 10.1. The highest BCUT2D eigenvalue weighted by atomic mass is 32.1. The third-order valence-electron chi connectivity index (χ3n) is 5.12. The summed E-state index contributed by atoms with van der Waals surface area (Å²) in [7, 11) is 1.82. The second-order valence-electron chi connectivity index (χ2n) is 6.18. The Morgan fingerprint density at radius 3 is 2.81 bits per heavy atom. The van der Waals surface area contributed by atoms with Gasteiger partial charge < -0.3 is 15.0 Å². The summed E-state index contributed by atoms with van der Waals surface area (Å²) in [5, 5.41) is 3.56. The number of amides is 1. The van der Waals surface area contributed by atoms with Crippen LogP contribution >= 0.6 is 12.2 Å². The van der Waals surface area contributed by atoms with Crippen molar-refractivity contribution in [1.82, 2.24) is 5.32 Å². The van der Waals surface area contributed by atoms with Gasteiger partial charge in [-0.15, -0.1) is 0 Å². The molecule has 0 radical (unpaired) electrons. The van der Waals surface area contributed by atoms with Crippen molar-refractivity contribution < 1.29 is 9.53 Å². The molecule has 2 heterocycles. The molecule has 1 N–H and O–H groups in total. The Kier molecular flexibility index (Phi) is 2.76. The second kappa shape index (κ2) is 4.44. The summed E-state index contributed by atoms with van der Waals surface area (Å²) in [5.41, 5.74) is 1.12. The topological polar surface area (TPSA) is 41.6 Å². The summed E-state index contributed by atoms with van der Waals surface area (Å²) in [6, 6.07) is 7.93. The molecular weight excluding hydrogens is 284 g/mol. The monoisotopic (exact) mass is 302 g/mol. The first-order valence-electron chi connectivity index (χ1n) is 7.51. The van der Waals surface area contributed by atoms with E-state index in [-0.39, 0.29) is 12.0 Å². The van der Waals surface area contributed by atoms with E-state index in [0.717, 1.165) is 24.1 Å². The minimum atomic E-state index is -0.822. The minimum Gasteiger partial charge on any atom is -0.464 e. The van der Waals surface area contributed by atoms with E-state index in [1.54, 1.807) is 4.90 Å². The van der Waals surface area contributed by atoms with Crippen LogP contribution in [0.5, 0.6) is 0 Å². The van der Waals surface area contributed by atoms with Gasteiger partial charge in [0.1, 0.15) is 6.10 Å². The van der Waals surface area contributed by atoms with E-state index in [1.807, 2.05) is 31.3 Å². The number of carbonyl (C=O) groups excluding carboxylic acids is 1. The number of hydrogen-bond acceptors (Lipinski definition) is 3. The molecular formula is C16H18N2O2S. The van der Waals surface area contributed by atoms with Crippen LogP contribution in [-0.4, -0.2) is 24.2 Å². The number of nitrogens with zero attached hydrogens (tertiary/aromatic N) is 1. The van der Waals surface area contributed by atoms with Crippen molar-refractivity contribution in [3.8, 4) is 0 Å². The molecule has 21 heavy (non-hydrogen) atoms. The summed E-state index contributed by atoms with van der Waals surface area (Å²) < 4.78 is 5.93. The van der Waals surface area contributed by atoms with Crippen LogP contribution in [0.3, 0.4) is 0 Å². The van der Waals surface area contributed by atoms with E-state index < -0.39 is 5.54 Å². The van der Waals surface area contributed by atoms with Crippen LogP contribution in [0.1, 0.15) is 31.2 Å². The lowest BCUT2D eigenvalue weighted by atomic mass is 9.79. The van der Waals surface area contributed by atoms with Gasteiger partial charge in [-0.3, -0.25) is 4.79 Å². The maximum absolute atomic E-state index is 13.0. The Balaban J connectivity index is 1.87. The van der Waals surface area contributed by atoms with Crippen LogP contribution in [0.25, 0.3) is 0 Å². The van der Waals surface area contributed by atoms with Gasteiger partial charge in [-0.2, -0.15) is 0 Å². The van der Waals surface area contributed by atoms with E-state index in [1.165, 1.54) is 12.8 Å². The third-order valence-corrected chi connectivity index (χ3v) is 5.32. The first kappa shape index (κ1) is 13.1. The second-order valence-corrected chi connectivity index (χ2v) is 6.56. The smallest absolute Gasteiger partial charge is 0.261 e. The average Bonchev–Trinajstić information content (AvgIpc) is 3.17. The number of nitrogens with one attached hydrogen (secondary N) is 1. The lowest BCUT2D eigenvalue weighted by molar-refractivity contribution is -0.126. The van der Waals surface area contributed by atoms with E-state index in [9.17, 15) is 4.79 Å². The number of para-hydroxylation sites is 1. The van der Waals surface area contributed by atoms with Crippen molar-refractivity contribution >= 4 is 29.0 Å². The van der Waals surface area contributed by atoms with Crippen LogP contribution in [0.15, 0.2) is 24.3 Å². The van der Waals surface area contributed by atoms with E-state index in [0.29, 0.717) is 11.1 Å². The molecule has 0 unspecified atom stereocenters. The van der Waals surface area contributed by atoms with Crippen LogP contribution in [0.4, 0.5) is 5.69 Å². The number of carbonyl (C=O) groups is 1. The lowest BCUT2D eigenvalue weighted by Crippen LogP contribution is -2.54. The molecule has 1 saturated carbocycles. The molecule has 1 aliphatic carbocycles. The molecule has 1 spiro atoms. The van der Waals surface area contributed by atoms with Gasteiger partial charge in [-0.1, -0.05) is 31.0 Å². The molecule has 4 nitrogen and oxygen atoms in total. The average molecular weight is 302 g/mol. The number of fused-ring (bicyclic) bond motifs is 2. The van der Waals surface area contributed by atoms with Gasteiger partial charge in [0.25, 0.3) is 11.1 Å². The zero-order valence-electron chi connectivity index (χ0n) is 12.0. The molecule has 110 valence electrons. The molecule has 3 aliphatic rings. The van der Waals surface area contributed by atoms with Gasteiger partial charge in [0, 0.05) is 18.3 Å². The van der Waals surface area contributed by atoms with Gasteiger partial charge in [0.2, 0.25) is 0 Å². The molecule has 2 atom stereocenters. The van der Waals surface area contributed by atoms with Crippen molar-refractivity contribution in [1.29, 1.82) is 0 Å². The van der Waals surface area contributed by atoms with Crippen molar-refractivity contribution in [2.24, 2.45) is 5.92 Å². The fraction of sp³-hybridized carbons (Fsp3) is 0.500. The molecule has 0 aromatic heterocycles. The molecule has 1 aromatic carbocycles. The molecule has 1 saturated heterocycles. The zero-order valence-corrected chi connectivity index (χ0v) is 12.8. The zero-order chi connectivity index (χ0) is 14.6. The normalized spacial score (nSPS) is 31.7. The highest BCUT2D eigenvalue weighted by molar-refractivity contribution is 7.80. The molecule has 0 bridgehead atoms. The number of likely N-dealkylation sites (N-methyl/N-ethyl adjacent to an activating group) is 1. The van der Waals surface area contributed by atoms with Crippen molar-refractivity contribution in [3.05, 3.63) is 29.8 Å². The highest BCUT2D eigenvalue weighted by Gasteiger charge is 2.62. The number of ether oxygens (including phenoxy) is 1. The Bertz CT molecular complexity index is 626. The van der Waals surface area contributed by atoms with Gasteiger partial charge >= 0.3 is 0 Å². The molecule has 4 rings (SSSR count).